The van der Waals surface area contributed by atoms with Gasteiger partial charge in [-0.3, -0.25) is 4.79 Å². The van der Waals surface area contributed by atoms with Crippen LogP contribution in [-0.4, -0.2) is 24.5 Å². The van der Waals surface area contributed by atoms with E-state index in [1.807, 2.05) is 30.1 Å². The first-order chi connectivity index (χ1) is 13.1. The molecule has 0 saturated carbocycles. The van der Waals surface area contributed by atoms with E-state index in [9.17, 15) is 9.18 Å². The van der Waals surface area contributed by atoms with E-state index >= 15 is 0 Å². The van der Waals surface area contributed by atoms with E-state index in [0.29, 0.717) is 25.1 Å². The molecule has 0 spiro atoms. The van der Waals surface area contributed by atoms with Gasteiger partial charge in [0.2, 0.25) is 0 Å². The Balaban J connectivity index is 1.57. The van der Waals surface area contributed by atoms with Crippen LogP contribution in [0, 0.1) is 5.82 Å². The van der Waals surface area contributed by atoms with Crippen molar-refractivity contribution in [2.45, 2.75) is 13.0 Å². The first-order valence-corrected chi connectivity index (χ1v) is 8.85. The van der Waals surface area contributed by atoms with Crippen molar-refractivity contribution in [2.75, 3.05) is 18.5 Å². The van der Waals surface area contributed by atoms with Gasteiger partial charge in [0, 0.05) is 31.9 Å². The smallest absolute Gasteiger partial charge is 0.251 e. The predicted molar refractivity (Wildman–Crippen MR) is 105 cm³/mol. The third-order valence-electron chi connectivity index (χ3n) is 4.27. The van der Waals surface area contributed by atoms with Gasteiger partial charge in [-0.2, -0.15) is 0 Å². The van der Waals surface area contributed by atoms with Gasteiger partial charge in [0.05, 0.1) is 0 Å². The number of halogens is 1. The molecule has 1 amide bonds. The minimum absolute atomic E-state index is 0.145. The van der Waals surface area contributed by atoms with Crippen molar-refractivity contribution in [1.82, 2.24) is 10.3 Å². The first-order valence-electron chi connectivity index (χ1n) is 8.85. The molecule has 3 rings (SSSR count). The van der Waals surface area contributed by atoms with Crippen LogP contribution in [0.5, 0.6) is 0 Å². The van der Waals surface area contributed by atoms with Crippen LogP contribution in [0.25, 0.3) is 0 Å². The molecule has 0 unspecified atom stereocenters. The van der Waals surface area contributed by atoms with Gasteiger partial charge in [0.15, 0.2) is 0 Å². The minimum Gasteiger partial charge on any atom is -0.355 e. The van der Waals surface area contributed by atoms with Gasteiger partial charge in [0.25, 0.3) is 5.91 Å². The molecule has 1 aromatic heterocycles. The molecule has 27 heavy (non-hydrogen) atoms. The van der Waals surface area contributed by atoms with Crippen LogP contribution < -0.4 is 10.2 Å². The van der Waals surface area contributed by atoms with Crippen molar-refractivity contribution in [3.8, 4) is 0 Å². The number of nitrogens with zero attached hydrogens (tertiary/aromatic N) is 2. The molecule has 0 saturated heterocycles. The number of anilines is 1. The molecular formula is C22H22FN3O. The third-order valence-corrected chi connectivity index (χ3v) is 4.27. The zero-order chi connectivity index (χ0) is 19.1. The van der Waals surface area contributed by atoms with E-state index in [1.54, 1.807) is 30.5 Å². The van der Waals surface area contributed by atoms with Crippen LogP contribution in [0.1, 0.15) is 21.5 Å². The van der Waals surface area contributed by atoms with E-state index in [2.05, 4.69) is 22.4 Å². The Morgan fingerprint density at radius 2 is 1.78 bits per heavy atom. The first kappa shape index (κ1) is 18.6. The van der Waals surface area contributed by atoms with Gasteiger partial charge in [-0.05, 0) is 41.8 Å². The standard InChI is InChI=1S/C22H22FN3O/c1-26(16-18-5-3-2-4-6-18)21-15-19(12-14-24-21)22(27)25-13-11-17-7-9-20(23)10-8-17/h2-10,12,14-15H,11,13,16H2,1H3,(H,25,27). The van der Waals surface area contributed by atoms with Crippen molar-refractivity contribution < 1.29 is 9.18 Å². The summed E-state index contributed by atoms with van der Waals surface area (Å²) >= 11 is 0. The van der Waals surface area contributed by atoms with Crippen LogP contribution in [0.2, 0.25) is 0 Å². The molecule has 5 heteroatoms. The summed E-state index contributed by atoms with van der Waals surface area (Å²) in [7, 11) is 1.95. The van der Waals surface area contributed by atoms with Crippen molar-refractivity contribution in [1.29, 1.82) is 0 Å². The number of hydrogen-bond acceptors (Lipinski definition) is 3. The molecule has 4 nitrogen and oxygen atoms in total. The Labute approximate surface area is 158 Å². The Hall–Kier alpha value is -3.21. The number of pyridine rings is 1. The van der Waals surface area contributed by atoms with Crippen molar-refractivity contribution >= 4 is 11.7 Å². The van der Waals surface area contributed by atoms with E-state index < -0.39 is 0 Å². The lowest BCUT2D eigenvalue weighted by Gasteiger charge is -2.18. The van der Waals surface area contributed by atoms with Crippen molar-refractivity contribution in [3.05, 3.63) is 95.4 Å². The maximum absolute atomic E-state index is 12.9. The third kappa shape index (κ3) is 5.38. The highest BCUT2D eigenvalue weighted by atomic mass is 19.1. The van der Waals surface area contributed by atoms with Crippen molar-refractivity contribution in [2.24, 2.45) is 0 Å². The normalized spacial score (nSPS) is 10.4. The minimum atomic E-state index is -0.258. The van der Waals surface area contributed by atoms with Crippen LogP contribution in [-0.2, 0) is 13.0 Å². The number of hydrogen-bond donors (Lipinski definition) is 1. The fraction of sp³-hybridized carbons (Fsp3) is 0.182. The average molecular weight is 363 g/mol. The van der Waals surface area contributed by atoms with E-state index in [-0.39, 0.29) is 11.7 Å². The number of amides is 1. The number of rotatable bonds is 7. The summed E-state index contributed by atoms with van der Waals surface area (Å²) < 4.78 is 12.9. The predicted octanol–water partition coefficient (Wildman–Crippen LogP) is 3.83. The van der Waals surface area contributed by atoms with Crippen LogP contribution in [0.15, 0.2) is 72.9 Å². The molecule has 0 aliphatic heterocycles. The second-order valence-corrected chi connectivity index (χ2v) is 6.38. The topological polar surface area (TPSA) is 45.2 Å². The van der Waals surface area contributed by atoms with Gasteiger partial charge < -0.3 is 10.2 Å². The van der Waals surface area contributed by atoms with Gasteiger partial charge in [-0.1, -0.05) is 42.5 Å². The van der Waals surface area contributed by atoms with Gasteiger partial charge in [-0.15, -0.1) is 0 Å². The molecule has 3 aromatic rings. The van der Waals surface area contributed by atoms with E-state index in [4.69, 9.17) is 0 Å². The SMILES string of the molecule is CN(Cc1ccccc1)c1cc(C(=O)NCCc2ccc(F)cc2)ccn1. The Morgan fingerprint density at radius 1 is 1.04 bits per heavy atom. The summed E-state index contributed by atoms with van der Waals surface area (Å²) in [5, 5.41) is 2.90. The molecule has 1 N–H and O–H groups in total. The summed E-state index contributed by atoms with van der Waals surface area (Å²) in [4.78, 5) is 18.8. The van der Waals surface area contributed by atoms with Crippen LogP contribution >= 0.6 is 0 Å². The van der Waals surface area contributed by atoms with Gasteiger partial charge >= 0.3 is 0 Å². The number of carbonyl (C=O) groups excluding carboxylic acids is 1. The molecule has 0 radical (unpaired) electrons. The Bertz CT molecular complexity index is 882. The zero-order valence-electron chi connectivity index (χ0n) is 15.2. The van der Waals surface area contributed by atoms with Crippen LogP contribution in [0.4, 0.5) is 10.2 Å². The summed E-state index contributed by atoms with van der Waals surface area (Å²) in [5.41, 5.74) is 2.73. The lowest BCUT2D eigenvalue weighted by molar-refractivity contribution is 0.0954. The largest absolute Gasteiger partial charge is 0.355 e. The maximum atomic E-state index is 12.9. The fourth-order valence-electron chi connectivity index (χ4n) is 2.78. The van der Waals surface area contributed by atoms with Gasteiger partial charge in [-0.25, -0.2) is 9.37 Å². The monoisotopic (exact) mass is 363 g/mol. The van der Waals surface area contributed by atoms with Gasteiger partial charge in [0.1, 0.15) is 11.6 Å². The highest BCUT2D eigenvalue weighted by Crippen LogP contribution is 2.14. The zero-order valence-corrected chi connectivity index (χ0v) is 15.2. The fourth-order valence-corrected chi connectivity index (χ4v) is 2.78. The number of carbonyl (C=O) groups is 1. The molecular weight excluding hydrogens is 341 g/mol. The van der Waals surface area contributed by atoms with E-state index in [1.165, 1.54) is 17.7 Å². The Morgan fingerprint density at radius 3 is 2.52 bits per heavy atom. The molecule has 0 fully saturated rings. The summed E-state index contributed by atoms with van der Waals surface area (Å²) in [6, 6.07) is 19.9. The molecule has 138 valence electrons. The lowest BCUT2D eigenvalue weighted by Crippen LogP contribution is -2.26. The summed E-state index contributed by atoms with van der Waals surface area (Å²) in [6.45, 7) is 1.20. The molecule has 1 heterocycles. The molecule has 0 bridgehead atoms. The number of nitrogens with one attached hydrogen (secondary N) is 1. The number of aromatic nitrogens is 1. The molecule has 0 aliphatic carbocycles. The highest BCUT2D eigenvalue weighted by Gasteiger charge is 2.09. The maximum Gasteiger partial charge on any atom is 0.251 e. The number of benzene rings is 2. The molecule has 0 aliphatic rings. The summed E-state index contributed by atoms with van der Waals surface area (Å²) in [6.07, 6.45) is 2.30. The second-order valence-electron chi connectivity index (χ2n) is 6.38. The second kappa shape index (κ2) is 8.94. The lowest BCUT2D eigenvalue weighted by atomic mass is 10.1. The molecule has 2 aromatic carbocycles. The Kier molecular flexibility index (Phi) is 6.15. The van der Waals surface area contributed by atoms with Crippen LogP contribution in [0.3, 0.4) is 0 Å². The highest BCUT2D eigenvalue weighted by molar-refractivity contribution is 5.94. The summed E-state index contributed by atoms with van der Waals surface area (Å²) in [5.74, 6) is 0.339. The van der Waals surface area contributed by atoms with Crippen molar-refractivity contribution in [3.63, 3.8) is 0 Å². The molecule has 0 atom stereocenters. The van der Waals surface area contributed by atoms with E-state index in [0.717, 1.165) is 11.4 Å². The quantitative estimate of drug-likeness (QED) is 0.694. The average Bonchev–Trinajstić information content (AvgIpc) is 2.70.